The number of methoxy groups -OCH3 is 1. The number of nitrogens with two attached hydrogens (primary N) is 4. The SMILES string of the molecule is CCN=C(/C=C(/C)N)C(=O)Nc1nc2cc(C(N)=O)cc(OC)c2n1C/C=C/Cn1c(NC(=O)C(/C=C(/C)N)=NCC)nc2cc(C(N)=O)cc(OC/C=C/COC3CNC(CN(C)C)C3)c21. The fraction of sp³-hybridized carbons (Fsp3) is 0.391. The number of carbonyl (C=O) groups is 4. The minimum Gasteiger partial charge on any atom is -0.494 e. The van der Waals surface area contributed by atoms with Crippen molar-refractivity contribution in [2.45, 2.75) is 59.4 Å². The number of carbonyl (C=O) groups excluding carboxylic acids is 4. The summed E-state index contributed by atoms with van der Waals surface area (Å²) in [7, 11) is 5.53. The highest BCUT2D eigenvalue weighted by Gasteiger charge is 2.25. The van der Waals surface area contributed by atoms with E-state index in [1.807, 2.05) is 26.2 Å². The number of amides is 4. The van der Waals surface area contributed by atoms with Gasteiger partial charge in [-0.2, -0.15) is 0 Å². The summed E-state index contributed by atoms with van der Waals surface area (Å²) >= 11 is 0. The monoisotopic (exact) mass is 922 g/mol. The van der Waals surface area contributed by atoms with Crippen molar-refractivity contribution >= 4 is 69.0 Å². The lowest BCUT2D eigenvalue weighted by molar-refractivity contribution is -0.111. The van der Waals surface area contributed by atoms with Crippen molar-refractivity contribution in [3.63, 3.8) is 0 Å². The quantitative estimate of drug-likeness (QED) is 0.0416. The van der Waals surface area contributed by atoms with E-state index in [1.54, 1.807) is 49.0 Å². The Balaban J connectivity index is 1.52. The highest BCUT2D eigenvalue weighted by Crippen LogP contribution is 2.33. The Kier molecular flexibility index (Phi) is 17.9. The summed E-state index contributed by atoms with van der Waals surface area (Å²) in [4.78, 5) is 72.3. The molecule has 358 valence electrons. The maximum absolute atomic E-state index is 13.7. The first-order chi connectivity index (χ1) is 32.0. The Hall–Kier alpha value is -7.36. The number of benzene rings is 2. The summed E-state index contributed by atoms with van der Waals surface area (Å²) < 4.78 is 21.4. The fourth-order valence-corrected chi connectivity index (χ4v) is 7.34. The molecular weight excluding hydrogens is 861 g/mol. The molecule has 0 saturated carbocycles. The first kappa shape index (κ1) is 50.6. The van der Waals surface area contributed by atoms with Crippen LogP contribution >= 0.6 is 0 Å². The number of aromatic nitrogens is 4. The van der Waals surface area contributed by atoms with Crippen LogP contribution in [0.4, 0.5) is 11.9 Å². The summed E-state index contributed by atoms with van der Waals surface area (Å²) in [6, 6.07) is 6.41. The van der Waals surface area contributed by atoms with E-state index in [9.17, 15) is 19.2 Å². The first-order valence-electron chi connectivity index (χ1n) is 21.8. The van der Waals surface area contributed by atoms with Crippen molar-refractivity contribution < 1.29 is 33.4 Å². The third-order valence-corrected chi connectivity index (χ3v) is 10.1. The smallest absolute Gasteiger partial charge is 0.276 e. The van der Waals surface area contributed by atoms with Crippen LogP contribution in [0.5, 0.6) is 11.5 Å². The standard InChI is InChI=1S/C46H62N14O7/c1-8-51-35(18-27(3)47)43(63)56-45-54-33-20-29(41(49)61)22-37(65-7)39(33)59(45)14-10-11-15-60-40-34(55-46(60)57-44(64)36(52-9-2)19-28(4)48)21-30(42(50)62)23-38(40)67-17-13-12-16-66-32-24-31(53-25-32)26-58(5)6/h10-13,18-23,31-32,53H,8-9,14-17,24-26,47-48H2,1-7H3,(H2,49,61)(H2,50,62)(H,54,56,63)(H,55,57,64)/b11-10+,13-12+,27-18-,28-19-,51-35?,52-36?. The lowest BCUT2D eigenvalue weighted by Crippen LogP contribution is -2.33. The van der Waals surface area contributed by atoms with E-state index in [1.165, 1.54) is 43.5 Å². The zero-order chi connectivity index (χ0) is 48.8. The number of aliphatic imine (C=N–C) groups is 2. The van der Waals surface area contributed by atoms with Gasteiger partial charge in [-0.05, 0) is 90.7 Å². The Morgan fingerprint density at radius 1 is 0.776 bits per heavy atom. The van der Waals surface area contributed by atoms with E-state index >= 15 is 0 Å². The second-order valence-corrected chi connectivity index (χ2v) is 15.9. The number of anilines is 2. The molecule has 1 fully saturated rings. The molecule has 3 heterocycles. The Labute approximate surface area is 389 Å². The normalized spacial score (nSPS) is 16.2. The van der Waals surface area contributed by atoms with Gasteiger partial charge in [-0.3, -0.25) is 39.8 Å². The van der Waals surface area contributed by atoms with Crippen LogP contribution in [0.2, 0.25) is 0 Å². The van der Waals surface area contributed by atoms with Crippen LogP contribution in [0.25, 0.3) is 22.1 Å². The van der Waals surface area contributed by atoms with Crippen molar-refractivity contribution in [3.05, 3.63) is 83.2 Å². The molecule has 1 aliphatic rings. The molecule has 1 aliphatic heterocycles. The van der Waals surface area contributed by atoms with Crippen LogP contribution in [-0.2, 0) is 27.4 Å². The van der Waals surface area contributed by atoms with Gasteiger partial charge in [-0.15, -0.1) is 0 Å². The minimum absolute atomic E-state index is 0.0826. The van der Waals surface area contributed by atoms with Crippen molar-refractivity contribution in [3.8, 4) is 11.5 Å². The molecular formula is C46H62N14O7. The molecule has 0 aliphatic carbocycles. The van der Waals surface area contributed by atoms with E-state index in [-0.39, 0.29) is 71.7 Å². The number of nitrogens with one attached hydrogen (secondary N) is 3. The molecule has 21 heteroatoms. The third-order valence-electron chi connectivity index (χ3n) is 10.1. The topological polar surface area (TPSA) is 300 Å². The van der Waals surface area contributed by atoms with Crippen LogP contribution in [0.3, 0.4) is 0 Å². The van der Waals surface area contributed by atoms with Crippen LogP contribution in [-0.4, -0.2) is 132 Å². The number of ether oxygens (including phenoxy) is 3. The number of nitrogens with zero attached hydrogens (tertiary/aromatic N) is 7. The Bertz CT molecular complexity index is 2650. The van der Waals surface area contributed by atoms with Gasteiger partial charge in [0.2, 0.25) is 23.7 Å². The molecule has 0 spiro atoms. The fourth-order valence-electron chi connectivity index (χ4n) is 7.34. The van der Waals surface area contributed by atoms with E-state index in [0.717, 1.165) is 19.5 Å². The average Bonchev–Trinajstić information content (AvgIpc) is 3.96. The lowest BCUT2D eigenvalue weighted by atomic mass is 10.1. The molecule has 21 nitrogen and oxygen atoms in total. The number of hydrogen-bond donors (Lipinski definition) is 7. The van der Waals surface area contributed by atoms with Gasteiger partial charge in [0.25, 0.3) is 11.8 Å². The number of primary amides is 2. The van der Waals surface area contributed by atoms with Crippen LogP contribution in [0.1, 0.15) is 54.8 Å². The van der Waals surface area contributed by atoms with Gasteiger partial charge in [0.05, 0.1) is 30.9 Å². The second-order valence-electron chi connectivity index (χ2n) is 15.9. The average molecular weight is 923 g/mol. The maximum atomic E-state index is 13.7. The van der Waals surface area contributed by atoms with Crippen LogP contribution in [0.15, 0.2) is 82.1 Å². The van der Waals surface area contributed by atoms with E-state index < -0.39 is 23.6 Å². The molecule has 4 amide bonds. The Morgan fingerprint density at radius 2 is 1.27 bits per heavy atom. The molecule has 1 saturated heterocycles. The van der Waals surface area contributed by atoms with Gasteiger partial charge in [0.1, 0.15) is 40.6 Å². The molecule has 0 radical (unpaired) electrons. The molecule has 11 N–H and O–H groups in total. The predicted octanol–water partition coefficient (Wildman–Crippen LogP) is 2.62. The molecule has 5 rings (SSSR count). The number of likely N-dealkylation sites (N-methyl/N-ethyl adjacent to an activating group) is 1. The zero-order valence-electron chi connectivity index (χ0n) is 39.1. The molecule has 0 bridgehead atoms. The van der Waals surface area contributed by atoms with Crippen molar-refractivity contribution in [2.75, 3.05) is 71.2 Å². The van der Waals surface area contributed by atoms with Gasteiger partial charge < -0.3 is 56.5 Å². The lowest BCUT2D eigenvalue weighted by Gasteiger charge is -2.15. The summed E-state index contributed by atoms with van der Waals surface area (Å²) in [5.41, 5.74) is 26.0. The zero-order valence-corrected chi connectivity index (χ0v) is 39.1. The summed E-state index contributed by atoms with van der Waals surface area (Å²) in [5, 5.41) is 9.18. The summed E-state index contributed by atoms with van der Waals surface area (Å²) in [5.74, 6) is -1.76. The second kappa shape index (κ2) is 23.7. The summed E-state index contributed by atoms with van der Waals surface area (Å²) in [6.07, 6.45) is 11.2. The van der Waals surface area contributed by atoms with Gasteiger partial charge in [0, 0.05) is 67.8 Å². The van der Waals surface area contributed by atoms with Crippen molar-refractivity contribution in [1.82, 2.24) is 29.3 Å². The van der Waals surface area contributed by atoms with Crippen LogP contribution in [0, 0.1) is 0 Å². The van der Waals surface area contributed by atoms with E-state index in [0.29, 0.717) is 59.2 Å². The Morgan fingerprint density at radius 3 is 1.73 bits per heavy atom. The number of imidazole rings is 2. The predicted molar refractivity (Wildman–Crippen MR) is 261 cm³/mol. The van der Waals surface area contributed by atoms with Gasteiger partial charge in [-0.25, -0.2) is 9.97 Å². The number of hydrogen-bond acceptors (Lipinski definition) is 15. The molecule has 2 unspecified atom stereocenters. The molecule has 2 aromatic carbocycles. The maximum Gasteiger partial charge on any atom is 0.276 e. The third kappa shape index (κ3) is 13.6. The number of allylic oxidation sites excluding steroid dienone is 4. The van der Waals surface area contributed by atoms with Crippen LogP contribution < -0.4 is 48.4 Å². The van der Waals surface area contributed by atoms with Crippen molar-refractivity contribution in [2.24, 2.45) is 32.9 Å². The minimum atomic E-state index is -0.703. The molecule has 67 heavy (non-hydrogen) atoms. The molecule has 4 aromatic rings. The number of fused-ring (bicyclic) bond motifs is 2. The van der Waals surface area contributed by atoms with Crippen molar-refractivity contribution in [1.29, 1.82) is 0 Å². The highest BCUT2D eigenvalue weighted by molar-refractivity contribution is 6.47. The van der Waals surface area contributed by atoms with Gasteiger partial charge in [0.15, 0.2) is 0 Å². The molecule has 2 atom stereocenters. The largest absolute Gasteiger partial charge is 0.494 e. The summed E-state index contributed by atoms with van der Waals surface area (Å²) in [6.45, 7) is 9.90. The molecule has 2 aromatic heterocycles. The van der Waals surface area contributed by atoms with Gasteiger partial charge in [-0.1, -0.05) is 18.2 Å². The first-order valence-corrected chi connectivity index (χ1v) is 21.8. The number of rotatable bonds is 23. The van der Waals surface area contributed by atoms with Gasteiger partial charge >= 0.3 is 0 Å². The highest BCUT2D eigenvalue weighted by atomic mass is 16.5. The van der Waals surface area contributed by atoms with E-state index in [2.05, 4.69) is 35.8 Å². The van der Waals surface area contributed by atoms with E-state index in [4.69, 9.17) is 42.1 Å².